The number of benzene rings is 2. The molecule has 0 radical (unpaired) electrons. The third kappa shape index (κ3) is 1.89. The van der Waals surface area contributed by atoms with Gasteiger partial charge in [0.2, 0.25) is 0 Å². The number of fused-ring (bicyclic) bond motifs is 5. The predicted octanol–water partition coefficient (Wildman–Crippen LogP) is 6.71. The van der Waals surface area contributed by atoms with E-state index in [2.05, 4.69) is 90.1 Å². The van der Waals surface area contributed by atoms with E-state index in [0.29, 0.717) is 11.8 Å². The lowest BCUT2D eigenvalue weighted by Gasteiger charge is -2.41. The monoisotopic (exact) mass is 370 g/mol. The maximum Gasteiger partial charge on any atom is 0.121 e. The first-order valence-electron chi connectivity index (χ1n) is 10.5. The summed E-state index contributed by atoms with van der Waals surface area (Å²) in [5.74, 6) is 0.879. The summed E-state index contributed by atoms with van der Waals surface area (Å²) >= 11 is 0. The quantitative estimate of drug-likeness (QED) is 0.525. The topological polar surface area (TPSA) is 24.7 Å². The highest BCUT2D eigenvalue weighted by Gasteiger charge is 2.77. The minimum absolute atomic E-state index is 0.0967. The summed E-state index contributed by atoms with van der Waals surface area (Å²) in [6, 6.07) is 13.9. The molecule has 2 aliphatic carbocycles. The summed E-state index contributed by atoms with van der Waals surface area (Å²) in [5.41, 5.74) is 7.27. The minimum atomic E-state index is -0.293. The van der Waals surface area contributed by atoms with E-state index in [1.54, 1.807) is 0 Å². The molecule has 0 unspecified atom stereocenters. The molecule has 2 bridgehead atoms. The molecule has 3 aliphatic rings. The summed E-state index contributed by atoms with van der Waals surface area (Å²) in [5, 5.41) is 10.3. The smallest absolute Gasteiger partial charge is 0.121 e. The van der Waals surface area contributed by atoms with Crippen molar-refractivity contribution in [1.29, 1.82) is 0 Å². The van der Waals surface area contributed by atoms with Crippen LogP contribution in [0.3, 0.4) is 0 Å². The molecule has 1 aliphatic heterocycles. The van der Waals surface area contributed by atoms with Crippen LogP contribution in [-0.4, -0.2) is 0 Å². The summed E-state index contributed by atoms with van der Waals surface area (Å²) in [6.45, 7) is 13.6. The Morgan fingerprint density at radius 1 is 0.714 bits per heavy atom. The third-order valence-corrected chi connectivity index (χ3v) is 7.78. The minimum Gasteiger partial charge on any atom is -0.181 e. The largest absolute Gasteiger partial charge is 0.181 e. The number of rotatable bonds is 2. The van der Waals surface area contributed by atoms with E-state index >= 15 is 0 Å². The van der Waals surface area contributed by atoms with Crippen LogP contribution in [-0.2, 0) is 11.1 Å². The van der Waals surface area contributed by atoms with Gasteiger partial charge >= 0.3 is 0 Å². The van der Waals surface area contributed by atoms with Crippen molar-refractivity contribution in [3.63, 3.8) is 0 Å². The lowest BCUT2D eigenvalue weighted by Crippen LogP contribution is -2.44. The third-order valence-electron chi connectivity index (χ3n) is 7.78. The molecule has 2 aromatic rings. The SMILES string of the molecule is Cc1cc(C)cc([C@@]23N=N[C@@](c4cc(C)cc(C)c4)([C@H]4C=CC[C@H]42)C3(C)C)c1. The Kier molecular flexibility index (Phi) is 3.46. The van der Waals surface area contributed by atoms with Crippen LogP contribution >= 0.6 is 0 Å². The van der Waals surface area contributed by atoms with E-state index in [1.165, 1.54) is 33.4 Å². The lowest BCUT2D eigenvalue weighted by atomic mass is 9.61. The van der Waals surface area contributed by atoms with Crippen molar-refractivity contribution in [2.24, 2.45) is 27.5 Å². The number of nitrogens with zero attached hydrogens (tertiary/aromatic N) is 2. The Morgan fingerprint density at radius 2 is 1.18 bits per heavy atom. The van der Waals surface area contributed by atoms with Gasteiger partial charge in [-0.15, -0.1) is 0 Å². The number of hydrogen-bond acceptors (Lipinski definition) is 2. The van der Waals surface area contributed by atoms with Gasteiger partial charge in [-0.1, -0.05) is 84.7 Å². The van der Waals surface area contributed by atoms with Gasteiger partial charge in [0.15, 0.2) is 0 Å². The second-order valence-electron chi connectivity index (χ2n) is 9.91. The normalized spacial score (nSPS) is 34.2. The fraction of sp³-hybridized carbons (Fsp3) is 0.462. The Hall–Kier alpha value is -2.22. The maximum absolute atomic E-state index is 5.18. The van der Waals surface area contributed by atoms with Crippen molar-refractivity contribution in [2.75, 3.05) is 0 Å². The molecular formula is C26H30N2. The molecule has 0 N–H and O–H groups in total. The van der Waals surface area contributed by atoms with Crippen molar-refractivity contribution in [2.45, 2.75) is 59.0 Å². The number of aryl methyl sites for hydroxylation is 4. The average Bonchev–Trinajstić information content (AvgIpc) is 3.20. The lowest BCUT2D eigenvalue weighted by molar-refractivity contribution is 0.150. The zero-order valence-electron chi connectivity index (χ0n) is 17.9. The zero-order chi connectivity index (χ0) is 19.9. The van der Waals surface area contributed by atoms with Crippen molar-refractivity contribution < 1.29 is 0 Å². The molecule has 5 rings (SSSR count). The Labute approximate surface area is 168 Å². The molecule has 2 nitrogen and oxygen atoms in total. The first-order chi connectivity index (χ1) is 13.2. The molecule has 144 valence electrons. The van der Waals surface area contributed by atoms with Crippen LogP contribution in [0.2, 0.25) is 0 Å². The molecule has 28 heavy (non-hydrogen) atoms. The van der Waals surface area contributed by atoms with Crippen LogP contribution in [0.25, 0.3) is 0 Å². The van der Waals surface area contributed by atoms with Gasteiger partial charge in [0.1, 0.15) is 11.1 Å². The number of hydrogen-bond donors (Lipinski definition) is 0. The molecule has 2 heteroatoms. The zero-order valence-corrected chi connectivity index (χ0v) is 17.9. The van der Waals surface area contributed by atoms with E-state index in [1.807, 2.05) is 0 Å². The fourth-order valence-electron chi connectivity index (χ4n) is 6.87. The molecule has 4 atom stereocenters. The average molecular weight is 371 g/mol. The second-order valence-corrected chi connectivity index (χ2v) is 9.91. The molecule has 1 saturated carbocycles. The summed E-state index contributed by atoms with van der Waals surface area (Å²) < 4.78 is 0. The summed E-state index contributed by atoms with van der Waals surface area (Å²) in [4.78, 5) is 0. The van der Waals surface area contributed by atoms with Crippen molar-refractivity contribution in [3.05, 3.63) is 81.9 Å². The van der Waals surface area contributed by atoms with Gasteiger partial charge in [0, 0.05) is 17.3 Å². The van der Waals surface area contributed by atoms with Gasteiger partial charge in [0.25, 0.3) is 0 Å². The molecular weight excluding hydrogens is 340 g/mol. The van der Waals surface area contributed by atoms with E-state index < -0.39 is 0 Å². The van der Waals surface area contributed by atoms with Crippen LogP contribution < -0.4 is 0 Å². The number of azo groups is 1. The highest BCUT2D eigenvalue weighted by Crippen LogP contribution is 2.76. The summed E-state index contributed by atoms with van der Waals surface area (Å²) in [7, 11) is 0. The van der Waals surface area contributed by atoms with Crippen LogP contribution in [0.15, 0.2) is 58.8 Å². The molecule has 2 aromatic carbocycles. The number of allylic oxidation sites excluding steroid dienone is 1. The molecule has 0 saturated heterocycles. The second kappa shape index (κ2) is 5.43. The van der Waals surface area contributed by atoms with Crippen LogP contribution in [0.5, 0.6) is 0 Å². The standard InChI is InChI=1S/C26H30N2/c1-16-10-17(2)13-20(12-16)25-22-8-7-9-23(22)26(28-27-25,24(25,5)6)21-14-18(3)11-19(4)15-21/h7-8,10-15,22-23H,9H2,1-6H3/t22-,23+,25-,26+/m0/s1. The molecule has 0 aromatic heterocycles. The highest BCUT2D eigenvalue weighted by molar-refractivity contribution is 5.50. The van der Waals surface area contributed by atoms with Gasteiger partial charge in [0.05, 0.1) is 0 Å². The van der Waals surface area contributed by atoms with E-state index in [-0.39, 0.29) is 16.5 Å². The Bertz CT molecular complexity index is 1000. The van der Waals surface area contributed by atoms with Crippen LogP contribution in [0.1, 0.15) is 53.6 Å². The molecule has 0 spiro atoms. The Morgan fingerprint density at radius 3 is 1.71 bits per heavy atom. The summed E-state index contributed by atoms with van der Waals surface area (Å²) in [6.07, 6.45) is 5.90. The first-order valence-corrected chi connectivity index (χ1v) is 10.5. The van der Waals surface area contributed by atoms with Gasteiger partial charge in [-0.3, -0.25) is 0 Å². The van der Waals surface area contributed by atoms with Crippen molar-refractivity contribution in [3.8, 4) is 0 Å². The van der Waals surface area contributed by atoms with Gasteiger partial charge in [-0.25, -0.2) is 0 Å². The van der Waals surface area contributed by atoms with Gasteiger partial charge in [-0.05, 0) is 45.2 Å². The van der Waals surface area contributed by atoms with Gasteiger partial charge < -0.3 is 0 Å². The van der Waals surface area contributed by atoms with E-state index in [0.717, 1.165) is 6.42 Å². The first kappa shape index (κ1) is 17.8. The van der Waals surface area contributed by atoms with Gasteiger partial charge in [-0.2, -0.15) is 10.2 Å². The van der Waals surface area contributed by atoms with Crippen LogP contribution in [0.4, 0.5) is 0 Å². The molecule has 1 fully saturated rings. The van der Waals surface area contributed by atoms with Crippen molar-refractivity contribution >= 4 is 0 Å². The fourth-order valence-corrected chi connectivity index (χ4v) is 6.87. The molecule has 0 amide bonds. The highest BCUT2D eigenvalue weighted by atomic mass is 15.3. The predicted molar refractivity (Wildman–Crippen MR) is 115 cm³/mol. The Balaban J connectivity index is 1.81. The van der Waals surface area contributed by atoms with E-state index in [4.69, 9.17) is 10.2 Å². The molecule has 1 heterocycles. The van der Waals surface area contributed by atoms with Crippen LogP contribution in [0, 0.1) is 44.9 Å². The maximum atomic E-state index is 5.18. The van der Waals surface area contributed by atoms with E-state index in [9.17, 15) is 0 Å². The van der Waals surface area contributed by atoms with Crippen molar-refractivity contribution in [1.82, 2.24) is 0 Å².